The summed E-state index contributed by atoms with van der Waals surface area (Å²) in [4.78, 5) is 28.4. The first-order valence-electron chi connectivity index (χ1n) is 11.9. The number of carbonyl (C=O) groups is 2. The Morgan fingerprint density at radius 2 is 1.70 bits per heavy atom. The number of nitrogens with zero attached hydrogens (tertiary/aromatic N) is 2. The Hall–Kier alpha value is -2.49. The van der Waals surface area contributed by atoms with Crippen LogP contribution in [-0.2, 0) is 26.2 Å². The summed E-state index contributed by atoms with van der Waals surface area (Å²) in [5, 5.41) is 3.59. The first kappa shape index (κ1) is 30.7. The number of carbonyl (C=O) groups excluding carboxylic acids is 2. The molecule has 0 aliphatic rings. The lowest BCUT2D eigenvalue weighted by Gasteiger charge is -2.34. The molecule has 0 fully saturated rings. The van der Waals surface area contributed by atoms with Gasteiger partial charge in [0.05, 0.1) is 28.6 Å². The number of halogens is 2. The molecule has 2 amide bonds. The molecule has 0 saturated carbocycles. The Balaban J connectivity index is 2.53. The van der Waals surface area contributed by atoms with Crippen LogP contribution in [0.2, 0.25) is 10.0 Å². The summed E-state index contributed by atoms with van der Waals surface area (Å²) in [6, 6.07) is 10.7. The largest absolute Gasteiger partial charge is 0.492 e. The van der Waals surface area contributed by atoms with E-state index in [0.717, 1.165) is 10.6 Å². The molecule has 37 heavy (non-hydrogen) atoms. The zero-order valence-electron chi connectivity index (χ0n) is 22.0. The summed E-state index contributed by atoms with van der Waals surface area (Å²) in [5.74, 6) is -0.570. The normalized spacial score (nSPS) is 12.5. The summed E-state index contributed by atoms with van der Waals surface area (Å²) in [6.07, 6.45) is 1.33. The SMILES string of the molecule is CCOc1ccccc1N(CC(=O)N(Cc1ccc(Cl)c(Cl)c1)[C@@H](CC)C(=O)NC(C)(C)C)S(C)(=O)=O. The molecule has 8 nitrogen and oxygen atoms in total. The van der Waals surface area contributed by atoms with E-state index in [-0.39, 0.29) is 18.1 Å². The van der Waals surface area contributed by atoms with Gasteiger partial charge in [0, 0.05) is 12.1 Å². The first-order chi connectivity index (χ1) is 17.2. The number of benzene rings is 2. The number of hydrogen-bond acceptors (Lipinski definition) is 5. The Labute approximate surface area is 229 Å². The molecule has 2 aromatic carbocycles. The molecular formula is C26H35Cl2N3O5S. The maximum atomic E-state index is 13.8. The lowest BCUT2D eigenvalue weighted by Crippen LogP contribution is -2.55. The maximum Gasteiger partial charge on any atom is 0.244 e. The lowest BCUT2D eigenvalue weighted by molar-refractivity contribution is -0.141. The predicted molar refractivity (Wildman–Crippen MR) is 149 cm³/mol. The second kappa shape index (κ2) is 12.8. The van der Waals surface area contributed by atoms with Gasteiger partial charge in [-0.3, -0.25) is 13.9 Å². The Kier molecular flexibility index (Phi) is 10.7. The molecule has 1 N–H and O–H groups in total. The minimum atomic E-state index is -3.89. The number of nitrogens with one attached hydrogen (secondary N) is 1. The molecule has 11 heteroatoms. The summed E-state index contributed by atoms with van der Waals surface area (Å²) >= 11 is 12.3. The van der Waals surface area contributed by atoms with E-state index in [0.29, 0.717) is 34.4 Å². The van der Waals surface area contributed by atoms with Gasteiger partial charge in [0.2, 0.25) is 21.8 Å². The minimum absolute atomic E-state index is 0.0243. The van der Waals surface area contributed by atoms with E-state index in [2.05, 4.69) is 5.32 Å². The van der Waals surface area contributed by atoms with Crippen LogP contribution >= 0.6 is 23.2 Å². The smallest absolute Gasteiger partial charge is 0.244 e. The minimum Gasteiger partial charge on any atom is -0.492 e. The van der Waals surface area contributed by atoms with Crippen LogP contribution in [0.1, 0.15) is 46.6 Å². The van der Waals surface area contributed by atoms with Crippen molar-refractivity contribution in [2.45, 2.75) is 59.2 Å². The van der Waals surface area contributed by atoms with Crippen LogP contribution in [-0.4, -0.2) is 56.1 Å². The van der Waals surface area contributed by atoms with Crippen molar-refractivity contribution >= 4 is 50.7 Å². The number of anilines is 1. The monoisotopic (exact) mass is 571 g/mol. The topological polar surface area (TPSA) is 96.0 Å². The fraction of sp³-hybridized carbons (Fsp3) is 0.462. The third kappa shape index (κ3) is 8.79. The second-order valence-electron chi connectivity index (χ2n) is 9.60. The summed E-state index contributed by atoms with van der Waals surface area (Å²) in [6.45, 7) is 8.93. The van der Waals surface area contributed by atoms with Crippen molar-refractivity contribution in [1.29, 1.82) is 0 Å². The van der Waals surface area contributed by atoms with Gasteiger partial charge in [-0.25, -0.2) is 8.42 Å². The molecule has 0 heterocycles. The van der Waals surface area contributed by atoms with Crippen LogP contribution in [0.4, 0.5) is 5.69 Å². The second-order valence-corrected chi connectivity index (χ2v) is 12.3. The van der Waals surface area contributed by atoms with Crippen LogP contribution in [0.15, 0.2) is 42.5 Å². The zero-order valence-corrected chi connectivity index (χ0v) is 24.4. The van der Waals surface area contributed by atoms with E-state index < -0.39 is 34.1 Å². The highest BCUT2D eigenvalue weighted by Gasteiger charge is 2.33. The van der Waals surface area contributed by atoms with Crippen molar-refractivity contribution in [1.82, 2.24) is 10.2 Å². The molecule has 2 rings (SSSR count). The van der Waals surface area contributed by atoms with Crippen LogP contribution < -0.4 is 14.4 Å². The standard InChI is InChI=1S/C26H35Cl2N3O5S/c1-7-21(25(33)29-26(3,4)5)30(16-18-13-14-19(27)20(28)15-18)24(32)17-31(37(6,34)35)22-11-9-10-12-23(22)36-8-2/h9-15,21H,7-8,16-17H2,1-6H3,(H,29,33)/t21-/m0/s1. The van der Waals surface area contributed by atoms with E-state index in [1.165, 1.54) is 4.90 Å². The van der Waals surface area contributed by atoms with Gasteiger partial charge in [-0.1, -0.05) is 48.3 Å². The summed E-state index contributed by atoms with van der Waals surface area (Å²) in [5.41, 5.74) is 0.352. The third-order valence-electron chi connectivity index (χ3n) is 5.33. The Morgan fingerprint density at radius 3 is 2.24 bits per heavy atom. The fourth-order valence-corrected chi connectivity index (χ4v) is 4.92. The molecule has 0 spiro atoms. The van der Waals surface area contributed by atoms with Crippen LogP contribution in [0.25, 0.3) is 0 Å². The van der Waals surface area contributed by atoms with Crippen molar-refractivity contribution in [3.63, 3.8) is 0 Å². The number of para-hydroxylation sites is 2. The van der Waals surface area contributed by atoms with E-state index >= 15 is 0 Å². The molecule has 2 aromatic rings. The van der Waals surface area contributed by atoms with Gasteiger partial charge in [-0.2, -0.15) is 0 Å². The van der Waals surface area contributed by atoms with Crippen molar-refractivity contribution < 1.29 is 22.7 Å². The molecule has 0 saturated heterocycles. The van der Waals surface area contributed by atoms with Crippen molar-refractivity contribution in [3.05, 3.63) is 58.1 Å². The predicted octanol–water partition coefficient (Wildman–Crippen LogP) is 4.88. The molecule has 0 aliphatic carbocycles. The first-order valence-corrected chi connectivity index (χ1v) is 14.5. The van der Waals surface area contributed by atoms with Gasteiger partial charge in [-0.05, 0) is 63.9 Å². The average Bonchev–Trinajstić information content (AvgIpc) is 2.78. The van der Waals surface area contributed by atoms with Gasteiger partial charge in [0.15, 0.2) is 0 Å². The van der Waals surface area contributed by atoms with Crippen molar-refractivity contribution in [3.8, 4) is 5.75 Å². The molecule has 0 bridgehead atoms. The van der Waals surface area contributed by atoms with Gasteiger partial charge in [0.1, 0.15) is 18.3 Å². The molecule has 0 unspecified atom stereocenters. The van der Waals surface area contributed by atoms with Gasteiger partial charge in [0.25, 0.3) is 0 Å². The maximum absolute atomic E-state index is 13.8. The molecule has 204 valence electrons. The summed E-state index contributed by atoms with van der Waals surface area (Å²) in [7, 11) is -3.89. The van der Waals surface area contributed by atoms with E-state index in [4.69, 9.17) is 27.9 Å². The van der Waals surface area contributed by atoms with Gasteiger partial charge in [-0.15, -0.1) is 0 Å². The quantitative estimate of drug-likeness (QED) is 0.414. The average molecular weight is 573 g/mol. The van der Waals surface area contributed by atoms with E-state index in [9.17, 15) is 18.0 Å². The molecular weight excluding hydrogens is 537 g/mol. The number of ether oxygens (including phenoxy) is 1. The third-order valence-corrected chi connectivity index (χ3v) is 7.20. The molecule has 0 radical (unpaired) electrons. The van der Waals surface area contributed by atoms with Crippen molar-refractivity contribution in [2.75, 3.05) is 23.7 Å². The number of hydrogen-bond donors (Lipinski definition) is 1. The van der Waals surface area contributed by atoms with E-state index in [1.807, 2.05) is 20.8 Å². The van der Waals surface area contributed by atoms with Crippen LogP contribution in [0.3, 0.4) is 0 Å². The summed E-state index contributed by atoms with van der Waals surface area (Å²) < 4.78 is 32.3. The highest BCUT2D eigenvalue weighted by molar-refractivity contribution is 7.92. The number of rotatable bonds is 11. The highest BCUT2D eigenvalue weighted by atomic mass is 35.5. The highest BCUT2D eigenvalue weighted by Crippen LogP contribution is 2.30. The van der Waals surface area contributed by atoms with E-state index in [1.54, 1.807) is 56.3 Å². The van der Waals surface area contributed by atoms with Gasteiger partial charge < -0.3 is 15.0 Å². The Bertz CT molecular complexity index is 1210. The Morgan fingerprint density at radius 1 is 1.05 bits per heavy atom. The zero-order chi connectivity index (χ0) is 28.0. The van der Waals surface area contributed by atoms with Gasteiger partial charge >= 0.3 is 0 Å². The fourth-order valence-electron chi connectivity index (χ4n) is 3.74. The molecule has 0 aromatic heterocycles. The molecule has 0 aliphatic heterocycles. The van der Waals surface area contributed by atoms with Crippen LogP contribution in [0.5, 0.6) is 5.75 Å². The van der Waals surface area contributed by atoms with Crippen LogP contribution in [0, 0.1) is 0 Å². The molecule has 1 atom stereocenters. The lowest BCUT2D eigenvalue weighted by atomic mass is 10.1. The number of amides is 2. The number of sulfonamides is 1. The van der Waals surface area contributed by atoms with Crippen molar-refractivity contribution in [2.24, 2.45) is 0 Å².